The highest BCUT2D eigenvalue weighted by molar-refractivity contribution is 5.83. The van der Waals surface area contributed by atoms with Crippen molar-refractivity contribution < 1.29 is 9.59 Å². The standard InChI is InChI=1S/C8H16N2O2/c1-6(2)4-7(3)10(5-11)8(9)12/h5-7H,4H2,1-3H3,(H2,9,12). The number of imide groups is 1. The Kier molecular flexibility index (Phi) is 4.33. The van der Waals surface area contributed by atoms with E-state index in [1.807, 2.05) is 13.8 Å². The smallest absolute Gasteiger partial charge is 0.321 e. The van der Waals surface area contributed by atoms with Crippen LogP contribution in [0.2, 0.25) is 0 Å². The van der Waals surface area contributed by atoms with Gasteiger partial charge in [0.2, 0.25) is 6.41 Å². The van der Waals surface area contributed by atoms with Crippen molar-refractivity contribution >= 4 is 12.4 Å². The van der Waals surface area contributed by atoms with Gasteiger partial charge in [-0.05, 0) is 19.3 Å². The van der Waals surface area contributed by atoms with Crippen LogP contribution in [-0.4, -0.2) is 23.4 Å². The minimum absolute atomic E-state index is 0.111. The number of hydrogen-bond donors (Lipinski definition) is 1. The van der Waals surface area contributed by atoms with Crippen molar-refractivity contribution in [3.8, 4) is 0 Å². The van der Waals surface area contributed by atoms with Gasteiger partial charge in [-0.2, -0.15) is 0 Å². The molecule has 0 aromatic heterocycles. The summed E-state index contributed by atoms with van der Waals surface area (Å²) in [6.45, 7) is 5.86. The molecule has 1 unspecified atom stereocenters. The lowest BCUT2D eigenvalue weighted by Crippen LogP contribution is -2.41. The number of rotatable bonds is 4. The molecule has 3 amide bonds. The minimum Gasteiger partial charge on any atom is -0.351 e. The second-order valence-electron chi connectivity index (χ2n) is 3.33. The molecule has 70 valence electrons. The molecule has 0 aromatic carbocycles. The third kappa shape index (κ3) is 3.37. The summed E-state index contributed by atoms with van der Waals surface area (Å²) in [4.78, 5) is 22.1. The highest BCUT2D eigenvalue weighted by atomic mass is 16.2. The maximum atomic E-state index is 10.7. The summed E-state index contributed by atoms with van der Waals surface area (Å²) >= 11 is 0. The molecule has 1 atom stereocenters. The summed E-state index contributed by atoms with van der Waals surface area (Å²) in [7, 11) is 0. The highest BCUT2D eigenvalue weighted by Gasteiger charge is 2.17. The van der Waals surface area contributed by atoms with Gasteiger partial charge in [0.05, 0.1) is 0 Å². The fourth-order valence-electron chi connectivity index (χ4n) is 1.17. The van der Waals surface area contributed by atoms with E-state index in [4.69, 9.17) is 5.73 Å². The maximum Gasteiger partial charge on any atom is 0.321 e. The number of carbonyl (C=O) groups excluding carboxylic acids is 2. The van der Waals surface area contributed by atoms with Gasteiger partial charge < -0.3 is 5.73 Å². The number of primary amides is 1. The second-order valence-corrected chi connectivity index (χ2v) is 3.33. The first kappa shape index (κ1) is 10.9. The maximum absolute atomic E-state index is 10.7. The van der Waals surface area contributed by atoms with Crippen molar-refractivity contribution in [2.24, 2.45) is 11.7 Å². The van der Waals surface area contributed by atoms with Gasteiger partial charge in [0.1, 0.15) is 0 Å². The number of amides is 3. The summed E-state index contributed by atoms with van der Waals surface area (Å²) < 4.78 is 0. The van der Waals surface area contributed by atoms with Gasteiger partial charge in [-0.1, -0.05) is 13.8 Å². The average Bonchev–Trinajstić information content (AvgIpc) is 1.85. The first-order chi connectivity index (χ1) is 5.49. The predicted octanol–water partition coefficient (Wildman–Crippen LogP) is 0.958. The van der Waals surface area contributed by atoms with Crippen molar-refractivity contribution in [2.45, 2.75) is 33.2 Å². The summed E-state index contributed by atoms with van der Waals surface area (Å²) in [5.74, 6) is 0.446. The lowest BCUT2D eigenvalue weighted by atomic mass is 10.0. The van der Waals surface area contributed by atoms with Crippen molar-refractivity contribution in [1.82, 2.24) is 4.90 Å². The van der Waals surface area contributed by atoms with Crippen LogP contribution in [0, 0.1) is 5.92 Å². The third-order valence-corrected chi connectivity index (χ3v) is 1.66. The Labute approximate surface area is 72.7 Å². The van der Waals surface area contributed by atoms with E-state index in [1.165, 1.54) is 0 Å². The van der Waals surface area contributed by atoms with E-state index in [9.17, 15) is 9.59 Å². The average molecular weight is 172 g/mol. The molecule has 4 heteroatoms. The second kappa shape index (κ2) is 4.74. The summed E-state index contributed by atoms with van der Waals surface area (Å²) in [5.41, 5.74) is 4.98. The quantitative estimate of drug-likeness (QED) is 0.642. The van der Waals surface area contributed by atoms with Crippen LogP contribution in [-0.2, 0) is 4.79 Å². The number of carbonyl (C=O) groups is 2. The van der Waals surface area contributed by atoms with Crippen LogP contribution in [0.15, 0.2) is 0 Å². The molecule has 0 aliphatic carbocycles. The number of nitrogens with zero attached hydrogens (tertiary/aromatic N) is 1. The van der Waals surface area contributed by atoms with Gasteiger partial charge in [-0.15, -0.1) is 0 Å². The summed E-state index contributed by atoms with van der Waals surface area (Å²) in [6.07, 6.45) is 1.26. The van der Waals surface area contributed by atoms with Gasteiger partial charge >= 0.3 is 6.03 Å². The van der Waals surface area contributed by atoms with Crippen molar-refractivity contribution in [2.75, 3.05) is 0 Å². The van der Waals surface area contributed by atoms with Gasteiger partial charge in [-0.25, -0.2) is 4.79 Å². The Morgan fingerprint density at radius 3 is 2.25 bits per heavy atom. The Morgan fingerprint density at radius 2 is 2.00 bits per heavy atom. The molecule has 0 spiro atoms. The molecule has 0 rings (SSSR count). The van der Waals surface area contributed by atoms with Crippen LogP contribution in [0.4, 0.5) is 4.79 Å². The Balaban J connectivity index is 4.12. The van der Waals surface area contributed by atoms with E-state index >= 15 is 0 Å². The Morgan fingerprint density at radius 1 is 1.50 bits per heavy atom. The number of hydrogen-bond acceptors (Lipinski definition) is 2. The molecule has 0 radical (unpaired) electrons. The first-order valence-corrected chi connectivity index (χ1v) is 4.02. The Bertz CT molecular complexity index is 168. The minimum atomic E-state index is -0.682. The molecule has 2 N–H and O–H groups in total. The topological polar surface area (TPSA) is 63.4 Å². The van der Waals surface area contributed by atoms with Crippen molar-refractivity contribution in [1.29, 1.82) is 0 Å². The number of nitrogens with two attached hydrogens (primary N) is 1. The van der Waals surface area contributed by atoms with E-state index in [0.29, 0.717) is 12.3 Å². The zero-order valence-corrected chi connectivity index (χ0v) is 7.78. The largest absolute Gasteiger partial charge is 0.351 e. The van der Waals surface area contributed by atoms with Crippen LogP contribution in [0.3, 0.4) is 0 Å². The summed E-state index contributed by atoms with van der Waals surface area (Å²) in [6, 6.07) is -0.793. The van der Waals surface area contributed by atoms with Crippen molar-refractivity contribution in [3.05, 3.63) is 0 Å². The molecule has 0 heterocycles. The monoisotopic (exact) mass is 172 g/mol. The molecule has 0 aliphatic rings. The third-order valence-electron chi connectivity index (χ3n) is 1.66. The fourth-order valence-corrected chi connectivity index (χ4v) is 1.17. The zero-order chi connectivity index (χ0) is 9.72. The molecule has 0 aromatic rings. The van der Waals surface area contributed by atoms with E-state index in [2.05, 4.69) is 0 Å². The molecule has 0 bridgehead atoms. The van der Waals surface area contributed by atoms with E-state index in [0.717, 1.165) is 11.3 Å². The molecule has 0 fully saturated rings. The normalized spacial score (nSPS) is 12.7. The van der Waals surface area contributed by atoms with Crippen LogP contribution in [0.1, 0.15) is 27.2 Å². The molecule has 0 saturated heterocycles. The van der Waals surface area contributed by atoms with Crippen molar-refractivity contribution in [3.63, 3.8) is 0 Å². The van der Waals surface area contributed by atoms with E-state index in [1.54, 1.807) is 6.92 Å². The molecular weight excluding hydrogens is 156 g/mol. The predicted molar refractivity (Wildman–Crippen MR) is 46.4 cm³/mol. The molecule has 0 saturated carbocycles. The lowest BCUT2D eigenvalue weighted by molar-refractivity contribution is -0.117. The van der Waals surface area contributed by atoms with Crippen LogP contribution < -0.4 is 5.73 Å². The van der Waals surface area contributed by atoms with Crippen LogP contribution >= 0.6 is 0 Å². The highest BCUT2D eigenvalue weighted by Crippen LogP contribution is 2.08. The van der Waals surface area contributed by atoms with Gasteiger partial charge in [-0.3, -0.25) is 9.69 Å². The van der Waals surface area contributed by atoms with E-state index < -0.39 is 6.03 Å². The zero-order valence-electron chi connectivity index (χ0n) is 7.78. The Hall–Kier alpha value is -1.06. The molecule has 12 heavy (non-hydrogen) atoms. The lowest BCUT2D eigenvalue weighted by Gasteiger charge is -2.22. The molecular formula is C8H16N2O2. The SMILES string of the molecule is CC(C)CC(C)N(C=O)C(N)=O. The summed E-state index contributed by atoms with van der Waals surface area (Å²) in [5, 5.41) is 0. The molecule has 4 nitrogen and oxygen atoms in total. The molecule has 0 aliphatic heterocycles. The van der Waals surface area contributed by atoms with Gasteiger partial charge in [0.15, 0.2) is 0 Å². The van der Waals surface area contributed by atoms with Gasteiger partial charge in [0.25, 0.3) is 0 Å². The number of urea groups is 1. The van der Waals surface area contributed by atoms with Gasteiger partial charge in [0, 0.05) is 6.04 Å². The van der Waals surface area contributed by atoms with Crippen LogP contribution in [0.25, 0.3) is 0 Å². The van der Waals surface area contributed by atoms with E-state index in [-0.39, 0.29) is 6.04 Å². The van der Waals surface area contributed by atoms with Crippen LogP contribution in [0.5, 0.6) is 0 Å². The first-order valence-electron chi connectivity index (χ1n) is 4.02. The fraction of sp³-hybridized carbons (Fsp3) is 0.750.